The third kappa shape index (κ3) is 6.42. The van der Waals surface area contributed by atoms with Crippen LogP contribution in [-0.2, 0) is 4.74 Å². The average molecular weight is 241 g/mol. The number of unbranched alkanes of at least 4 members (excludes halogenated alkanes) is 3. The van der Waals surface area contributed by atoms with Crippen molar-refractivity contribution in [2.75, 3.05) is 19.8 Å². The molecule has 1 rings (SSSR count). The third-order valence-electron chi connectivity index (χ3n) is 3.87. The Morgan fingerprint density at radius 2 is 1.88 bits per heavy atom. The normalized spacial score (nSPS) is 18.7. The number of ether oxygens (including phenoxy) is 1. The number of rotatable bonds is 10. The molecule has 1 saturated carbocycles. The molecule has 0 aromatic rings. The Hall–Kier alpha value is -0.0800. The third-order valence-corrected chi connectivity index (χ3v) is 3.87. The van der Waals surface area contributed by atoms with Gasteiger partial charge in [0.2, 0.25) is 0 Å². The van der Waals surface area contributed by atoms with Gasteiger partial charge in [-0.05, 0) is 31.7 Å². The molecular formula is C15H31NO. The summed E-state index contributed by atoms with van der Waals surface area (Å²) < 4.78 is 5.84. The van der Waals surface area contributed by atoms with Crippen molar-refractivity contribution in [2.45, 2.75) is 71.3 Å². The Balaban J connectivity index is 2.07. The molecule has 1 aliphatic carbocycles. The highest BCUT2D eigenvalue weighted by Crippen LogP contribution is 2.27. The van der Waals surface area contributed by atoms with Crippen molar-refractivity contribution in [3.05, 3.63) is 0 Å². The fourth-order valence-corrected chi connectivity index (χ4v) is 2.82. The number of hydrogen-bond donors (Lipinski definition) is 1. The van der Waals surface area contributed by atoms with E-state index in [0.717, 1.165) is 25.7 Å². The monoisotopic (exact) mass is 241 g/mol. The summed E-state index contributed by atoms with van der Waals surface area (Å²) in [6.45, 7) is 7.39. The molecule has 0 aromatic heterocycles. The Morgan fingerprint density at radius 1 is 1.12 bits per heavy atom. The van der Waals surface area contributed by atoms with E-state index in [1.54, 1.807) is 0 Å². The van der Waals surface area contributed by atoms with Crippen LogP contribution < -0.4 is 5.32 Å². The largest absolute Gasteiger partial charge is 0.380 e. The van der Waals surface area contributed by atoms with Gasteiger partial charge in [0.05, 0.1) is 6.61 Å². The summed E-state index contributed by atoms with van der Waals surface area (Å²) in [5, 5.41) is 3.60. The van der Waals surface area contributed by atoms with Gasteiger partial charge in [0, 0.05) is 12.6 Å². The number of likely N-dealkylation sites (N-methyl/N-ethyl adjacent to an activating group) is 1. The smallest absolute Gasteiger partial charge is 0.0622 e. The van der Waals surface area contributed by atoms with Crippen molar-refractivity contribution in [3.63, 3.8) is 0 Å². The van der Waals surface area contributed by atoms with Gasteiger partial charge in [-0.1, -0.05) is 46.0 Å². The summed E-state index contributed by atoms with van der Waals surface area (Å²) >= 11 is 0. The fourth-order valence-electron chi connectivity index (χ4n) is 2.82. The molecular weight excluding hydrogens is 210 g/mol. The molecule has 2 heteroatoms. The van der Waals surface area contributed by atoms with Crippen LogP contribution in [0.2, 0.25) is 0 Å². The standard InChI is InChI=1S/C15H31NO/c1-3-5-6-9-12-17-13-15(16-4-2)14-10-7-8-11-14/h14-16H,3-13H2,1-2H3. The lowest BCUT2D eigenvalue weighted by Crippen LogP contribution is -2.39. The predicted molar refractivity (Wildman–Crippen MR) is 74.4 cm³/mol. The van der Waals surface area contributed by atoms with Gasteiger partial charge < -0.3 is 10.1 Å². The Labute approximate surface area is 108 Å². The molecule has 1 unspecified atom stereocenters. The van der Waals surface area contributed by atoms with Gasteiger partial charge in [0.15, 0.2) is 0 Å². The van der Waals surface area contributed by atoms with Crippen LogP contribution in [0.4, 0.5) is 0 Å². The molecule has 0 saturated heterocycles. The van der Waals surface area contributed by atoms with Gasteiger partial charge in [-0.25, -0.2) is 0 Å². The van der Waals surface area contributed by atoms with Crippen LogP contribution in [0, 0.1) is 5.92 Å². The molecule has 0 amide bonds. The molecule has 0 spiro atoms. The maximum atomic E-state index is 5.84. The molecule has 0 heterocycles. The molecule has 0 aliphatic heterocycles. The van der Waals surface area contributed by atoms with E-state index in [-0.39, 0.29) is 0 Å². The first kappa shape index (κ1) is 15.0. The van der Waals surface area contributed by atoms with Crippen LogP contribution in [0.3, 0.4) is 0 Å². The summed E-state index contributed by atoms with van der Waals surface area (Å²) in [6.07, 6.45) is 10.9. The minimum atomic E-state index is 0.605. The molecule has 0 radical (unpaired) electrons. The number of nitrogens with one attached hydrogen (secondary N) is 1. The van der Waals surface area contributed by atoms with Crippen LogP contribution in [0.5, 0.6) is 0 Å². The fraction of sp³-hybridized carbons (Fsp3) is 1.00. The lowest BCUT2D eigenvalue weighted by Gasteiger charge is -2.24. The van der Waals surface area contributed by atoms with Crippen LogP contribution >= 0.6 is 0 Å². The van der Waals surface area contributed by atoms with E-state index < -0.39 is 0 Å². The maximum Gasteiger partial charge on any atom is 0.0622 e. The van der Waals surface area contributed by atoms with Gasteiger partial charge in [0.25, 0.3) is 0 Å². The quantitative estimate of drug-likeness (QED) is 0.588. The van der Waals surface area contributed by atoms with Crippen LogP contribution in [0.1, 0.15) is 65.2 Å². The zero-order chi connectivity index (χ0) is 12.3. The van der Waals surface area contributed by atoms with E-state index in [2.05, 4.69) is 19.2 Å². The van der Waals surface area contributed by atoms with E-state index in [4.69, 9.17) is 4.74 Å². The molecule has 102 valence electrons. The molecule has 0 bridgehead atoms. The van der Waals surface area contributed by atoms with Crippen molar-refractivity contribution in [2.24, 2.45) is 5.92 Å². The maximum absolute atomic E-state index is 5.84. The lowest BCUT2D eigenvalue weighted by molar-refractivity contribution is 0.0911. The average Bonchev–Trinajstić information content (AvgIpc) is 2.86. The first-order valence-electron chi connectivity index (χ1n) is 7.69. The Morgan fingerprint density at radius 3 is 2.53 bits per heavy atom. The minimum absolute atomic E-state index is 0.605. The predicted octanol–water partition coefficient (Wildman–Crippen LogP) is 3.75. The Kier molecular flexibility index (Phi) is 8.72. The van der Waals surface area contributed by atoms with Gasteiger partial charge in [-0.3, -0.25) is 0 Å². The molecule has 1 N–H and O–H groups in total. The summed E-state index contributed by atoms with van der Waals surface area (Å²) in [4.78, 5) is 0. The highest BCUT2D eigenvalue weighted by atomic mass is 16.5. The zero-order valence-electron chi connectivity index (χ0n) is 11.8. The second-order valence-corrected chi connectivity index (χ2v) is 5.34. The van der Waals surface area contributed by atoms with E-state index in [0.29, 0.717) is 6.04 Å². The van der Waals surface area contributed by atoms with Crippen molar-refractivity contribution >= 4 is 0 Å². The van der Waals surface area contributed by atoms with Gasteiger partial charge in [-0.15, -0.1) is 0 Å². The molecule has 17 heavy (non-hydrogen) atoms. The topological polar surface area (TPSA) is 21.3 Å². The summed E-state index contributed by atoms with van der Waals surface area (Å²) in [5.74, 6) is 0.866. The molecule has 1 atom stereocenters. The van der Waals surface area contributed by atoms with Gasteiger partial charge in [0.1, 0.15) is 0 Å². The van der Waals surface area contributed by atoms with Crippen molar-refractivity contribution in [1.82, 2.24) is 5.32 Å². The summed E-state index contributed by atoms with van der Waals surface area (Å²) in [6, 6.07) is 0.605. The van der Waals surface area contributed by atoms with Crippen LogP contribution in [0.25, 0.3) is 0 Å². The van der Waals surface area contributed by atoms with Crippen LogP contribution in [0.15, 0.2) is 0 Å². The highest BCUT2D eigenvalue weighted by molar-refractivity contribution is 4.80. The second-order valence-electron chi connectivity index (χ2n) is 5.34. The minimum Gasteiger partial charge on any atom is -0.380 e. The first-order chi connectivity index (χ1) is 8.38. The summed E-state index contributed by atoms with van der Waals surface area (Å²) in [7, 11) is 0. The molecule has 1 aliphatic rings. The van der Waals surface area contributed by atoms with Crippen LogP contribution in [-0.4, -0.2) is 25.8 Å². The van der Waals surface area contributed by atoms with E-state index in [9.17, 15) is 0 Å². The van der Waals surface area contributed by atoms with E-state index in [1.807, 2.05) is 0 Å². The van der Waals surface area contributed by atoms with Crippen molar-refractivity contribution in [1.29, 1.82) is 0 Å². The molecule has 2 nitrogen and oxygen atoms in total. The summed E-state index contributed by atoms with van der Waals surface area (Å²) in [5.41, 5.74) is 0. The highest BCUT2D eigenvalue weighted by Gasteiger charge is 2.24. The lowest BCUT2D eigenvalue weighted by atomic mass is 9.99. The van der Waals surface area contributed by atoms with Gasteiger partial charge in [-0.2, -0.15) is 0 Å². The SMILES string of the molecule is CCCCCCOCC(NCC)C1CCCC1. The zero-order valence-corrected chi connectivity index (χ0v) is 11.8. The van der Waals surface area contributed by atoms with Gasteiger partial charge >= 0.3 is 0 Å². The molecule has 1 fully saturated rings. The first-order valence-corrected chi connectivity index (χ1v) is 7.69. The second kappa shape index (κ2) is 9.90. The van der Waals surface area contributed by atoms with Crippen molar-refractivity contribution < 1.29 is 4.74 Å². The van der Waals surface area contributed by atoms with E-state index >= 15 is 0 Å². The Bertz CT molecular complexity index is 166. The van der Waals surface area contributed by atoms with E-state index in [1.165, 1.54) is 51.4 Å². The molecule has 0 aromatic carbocycles. The van der Waals surface area contributed by atoms with Crippen molar-refractivity contribution in [3.8, 4) is 0 Å². The number of hydrogen-bond acceptors (Lipinski definition) is 2.